The predicted octanol–water partition coefficient (Wildman–Crippen LogP) is 2.32. The van der Waals surface area contributed by atoms with Crippen molar-refractivity contribution in [3.05, 3.63) is 0 Å². The summed E-state index contributed by atoms with van der Waals surface area (Å²) in [6.45, 7) is 6.65. The minimum Gasteiger partial charge on any atom is -0.333 e. The quantitative estimate of drug-likeness (QED) is 0.614. The third-order valence-corrected chi connectivity index (χ3v) is 2.59. The first-order chi connectivity index (χ1) is 4.72. The van der Waals surface area contributed by atoms with Crippen LogP contribution in [0.3, 0.4) is 0 Å². The summed E-state index contributed by atoms with van der Waals surface area (Å²) < 4.78 is 0. The molecule has 0 heterocycles. The molecular formula is C8H21NS. The van der Waals surface area contributed by atoms with Crippen molar-refractivity contribution >= 4 is 12.6 Å². The van der Waals surface area contributed by atoms with Crippen LogP contribution in [0, 0.1) is 5.92 Å². The predicted molar refractivity (Wildman–Crippen MR) is 52.6 cm³/mol. The van der Waals surface area contributed by atoms with Gasteiger partial charge in [0.2, 0.25) is 0 Å². The van der Waals surface area contributed by atoms with Crippen molar-refractivity contribution in [3.8, 4) is 0 Å². The van der Waals surface area contributed by atoms with E-state index in [-0.39, 0.29) is 0 Å². The van der Waals surface area contributed by atoms with E-state index >= 15 is 0 Å². The topological polar surface area (TPSA) is 26.0 Å². The minimum atomic E-state index is 0.611. The van der Waals surface area contributed by atoms with Gasteiger partial charge >= 0.3 is 0 Å². The van der Waals surface area contributed by atoms with E-state index in [2.05, 4.69) is 39.1 Å². The molecule has 0 aliphatic heterocycles. The van der Waals surface area contributed by atoms with Crippen LogP contribution in [-0.2, 0) is 0 Å². The van der Waals surface area contributed by atoms with Gasteiger partial charge < -0.3 is 5.73 Å². The first-order valence-corrected chi connectivity index (χ1v) is 4.49. The lowest BCUT2D eigenvalue weighted by molar-refractivity contribution is 0.527. The lowest BCUT2D eigenvalue weighted by Crippen LogP contribution is -2.08. The summed E-state index contributed by atoms with van der Waals surface area (Å²) in [5.74, 6) is 0.781. The van der Waals surface area contributed by atoms with Gasteiger partial charge in [-0.15, -0.1) is 0 Å². The number of hydrogen-bond donors (Lipinski definition) is 2. The zero-order chi connectivity index (χ0) is 8.57. The Morgan fingerprint density at radius 3 is 1.70 bits per heavy atom. The summed E-state index contributed by atoms with van der Waals surface area (Å²) in [6.07, 6.45) is 2.44. The Morgan fingerprint density at radius 1 is 1.20 bits per heavy atom. The van der Waals surface area contributed by atoms with E-state index in [4.69, 9.17) is 0 Å². The second kappa shape index (κ2) is 9.31. The second-order valence-electron chi connectivity index (χ2n) is 2.36. The number of hydrogen-bond acceptors (Lipinski definition) is 2. The number of thiol groups is 1. The van der Waals surface area contributed by atoms with E-state index in [9.17, 15) is 0 Å². The molecule has 0 rings (SSSR count). The molecule has 2 N–H and O–H groups in total. The maximum absolute atomic E-state index is 4.50. The smallest absolute Gasteiger partial charge is 0.00397 e. The van der Waals surface area contributed by atoms with Crippen LogP contribution >= 0.6 is 12.6 Å². The first kappa shape index (κ1) is 12.9. The Bertz CT molecular complexity index is 49.2. The second-order valence-corrected chi connectivity index (χ2v) is 3.02. The van der Waals surface area contributed by atoms with E-state index in [0.717, 1.165) is 5.92 Å². The highest BCUT2D eigenvalue weighted by molar-refractivity contribution is 7.81. The van der Waals surface area contributed by atoms with Crippen molar-refractivity contribution in [3.63, 3.8) is 0 Å². The molecule has 1 nitrogen and oxygen atoms in total. The Balaban J connectivity index is 0. The summed E-state index contributed by atoms with van der Waals surface area (Å²) in [5, 5.41) is 0.611. The van der Waals surface area contributed by atoms with Crippen molar-refractivity contribution in [2.75, 3.05) is 7.05 Å². The Hall–Kier alpha value is 0.310. The Labute approximate surface area is 70.8 Å². The summed E-state index contributed by atoms with van der Waals surface area (Å²) >= 11 is 4.40. The molecule has 0 bridgehead atoms. The number of rotatable bonds is 3. The zero-order valence-corrected chi connectivity index (χ0v) is 8.49. The molecule has 10 heavy (non-hydrogen) atoms. The summed E-state index contributed by atoms with van der Waals surface area (Å²) in [7, 11) is 1.50. The molecule has 0 aromatic rings. The average molecular weight is 163 g/mol. The van der Waals surface area contributed by atoms with E-state index in [1.165, 1.54) is 19.9 Å². The van der Waals surface area contributed by atoms with Crippen molar-refractivity contribution in [1.82, 2.24) is 0 Å². The summed E-state index contributed by atoms with van der Waals surface area (Å²) in [4.78, 5) is 0. The van der Waals surface area contributed by atoms with Crippen LogP contribution in [0.25, 0.3) is 0 Å². The van der Waals surface area contributed by atoms with E-state index in [1.54, 1.807) is 0 Å². The summed E-state index contributed by atoms with van der Waals surface area (Å²) in [6, 6.07) is 0. The van der Waals surface area contributed by atoms with Crippen molar-refractivity contribution in [2.45, 2.75) is 38.9 Å². The highest BCUT2D eigenvalue weighted by Gasteiger charge is 2.06. The van der Waals surface area contributed by atoms with Crippen LogP contribution < -0.4 is 5.73 Å². The van der Waals surface area contributed by atoms with Crippen molar-refractivity contribution < 1.29 is 0 Å². The van der Waals surface area contributed by atoms with Crippen LogP contribution in [-0.4, -0.2) is 12.3 Å². The van der Waals surface area contributed by atoms with Gasteiger partial charge in [-0.05, 0) is 19.4 Å². The highest BCUT2D eigenvalue weighted by atomic mass is 32.1. The fraction of sp³-hybridized carbons (Fsp3) is 1.00. The standard InChI is InChI=1S/C7H16S.CH5N/c1-4-6(3)7(8)5-2;1-2/h6-8H,4-5H2,1-3H3;2H2,1H3. The van der Waals surface area contributed by atoms with Gasteiger partial charge in [-0.25, -0.2) is 0 Å². The molecule has 64 valence electrons. The lowest BCUT2D eigenvalue weighted by Gasteiger charge is -2.13. The average Bonchev–Trinajstić information content (AvgIpc) is 2.05. The maximum atomic E-state index is 4.50. The first-order valence-electron chi connectivity index (χ1n) is 3.98. The molecule has 0 fully saturated rings. The molecule has 0 aliphatic rings. The molecule has 2 heteroatoms. The van der Waals surface area contributed by atoms with Crippen molar-refractivity contribution in [1.29, 1.82) is 0 Å². The van der Waals surface area contributed by atoms with Crippen LogP contribution in [0.1, 0.15) is 33.6 Å². The third-order valence-electron chi connectivity index (χ3n) is 1.72. The molecule has 0 saturated carbocycles. The molecular weight excluding hydrogens is 142 g/mol. The zero-order valence-electron chi connectivity index (χ0n) is 7.59. The fourth-order valence-corrected chi connectivity index (χ4v) is 0.885. The summed E-state index contributed by atoms with van der Waals surface area (Å²) in [5.41, 5.74) is 4.50. The number of nitrogens with two attached hydrogens (primary N) is 1. The van der Waals surface area contributed by atoms with Gasteiger partial charge in [0.15, 0.2) is 0 Å². The Morgan fingerprint density at radius 2 is 1.60 bits per heavy atom. The van der Waals surface area contributed by atoms with Gasteiger partial charge in [0.1, 0.15) is 0 Å². The van der Waals surface area contributed by atoms with Gasteiger partial charge in [0.25, 0.3) is 0 Å². The van der Waals surface area contributed by atoms with Gasteiger partial charge in [-0.1, -0.05) is 27.2 Å². The van der Waals surface area contributed by atoms with Crippen LogP contribution in [0.15, 0.2) is 0 Å². The largest absolute Gasteiger partial charge is 0.333 e. The van der Waals surface area contributed by atoms with E-state index in [1.807, 2.05) is 0 Å². The minimum absolute atomic E-state index is 0.611. The monoisotopic (exact) mass is 163 g/mol. The molecule has 0 aromatic carbocycles. The van der Waals surface area contributed by atoms with Gasteiger partial charge in [-0.3, -0.25) is 0 Å². The highest BCUT2D eigenvalue weighted by Crippen LogP contribution is 2.15. The Kier molecular flexibility index (Phi) is 12.0. The van der Waals surface area contributed by atoms with Crippen LogP contribution in [0.4, 0.5) is 0 Å². The lowest BCUT2D eigenvalue weighted by atomic mass is 10.0. The van der Waals surface area contributed by atoms with E-state index in [0.29, 0.717) is 5.25 Å². The van der Waals surface area contributed by atoms with Gasteiger partial charge in [-0.2, -0.15) is 12.6 Å². The molecule has 0 aromatic heterocycles. The van der Waals surface area contributed by atoms with Crippen molar-refractivity contribution in [2.24, 2.45) is 11.7 Å². The van der Waals surface area contributed by atoms with Crippen LogP contribution in [0.5, 0.6) is 0 Å². The van der Waals surface area contributed by atoms with Crippen LogP contribution in [0.2, 0.25) is 0 Å². The molecule has 2 atom stereocenters. The van der Waals surface area contributed by atoms with Gasteiger partial charge in [0.05, 0.1) is 0 Å². The SMILES string of the molecule is CCC(C)C(S)CC.CN. The molecule has 0 aliphatic carbocycles. The molecule has 2 unspecified atom stereocenters. The van der Waals surface area contributed by atoms with E-state index < -0.39 is 0 Å². The normalized spacial score (nSPS) is 15.0. The molecule has 0 radical (unpaired) electrons. The molecule has 0 amide bonds. The fourth-order valence-electron chi connectivity index (χ4n) is 0.674. The maximum Gasteiger partial charge on any atom is 0.00397 e. The molecule has 0 spiro atoms. The van der Waals surface area contributed by atoms with Gasteiger partial charge in [0, 0.05) is 5.25 Å². The third kappa shape index (κ3) is 6.43. The molecule has 0 saturated heterocycles.